The number of morpholine rings is 1. The molecule has 27 heavy (non-hydrogen) atoms. The van der Waals surface area contributed by atoms with E-state index in [2.05, 4.69) is 50.9 Å². The van der Waals surface area contributed by atoms with Gasteiger partial charge in [0.25, 0.3) is 0 Å². The number of nitrogens with one attached hydrogen (secondary N) is 2. The van der Waals surface area contributed by atoms with E-state index in [0.29, 0.717) is 0 Å². The number of guanidine groups is 1. The Labute approximate surface area is 163 Å². The van der Waals surface area contributed by atoms with Gasteiger partial charge in [-0.2, -0.15) is 0 Å². The summed E-state index contributed by atoms with van der Waals surface area (Å²) in [5, 5.41) is 6.94. The molecule has 0 bridgehead atoms. The summed E-state index contributed by atoms with van der Waals surface area (Å²) in [6, 6.07) is 8.69. The van der Waals surface area contributed by atoms with E-state index in [1.54, 1.807) is 5.57 Å². The minimum atomic E-state index is 0.795. The molecular formula is C22H34N4O. The fourth-order valence-electron chi connectivity index (χ4n) is 3.76. The van der Waals surface area contributed by atoms with Crippen molar-refractivity contribution in [2.24, 2.45) is 4.99 Å². The van der Waals surface area contributed by atoms with Crippen LogP contribution >= 0.6 is 0 Å². The normalized spacial score (nSPS) is 18.9. The fourth-order valence-corrected chi connectivity index (χ4v) is 3.76. The van der Waals surface area contributed by atoms with Crippen LogP contribution in [-0.2, 0) is 17.8 Å². The Kier molecular flexibility index (Phi) is 8.18. The van der Waals surface area contributed by atoms with Crippen LogP contribution < -0.4 is 10.6 Å². The van der Waals surface area contributed by atoms with Gasteiger partial charge in [0, 0.05) is 39.8 Å². The van der Waals surface area contributed by atoms with Crippen LogP contribution in [0.1, 0.15) is 43.2 Å². The fraction of sp³-hybridized carbons (Fsp3) is 0.591. The number of allylic oxidation sites excluding steroid dienone is 1. The topological polar surface area (TPSA) is 48.9 Å². The molecule has 0 saturated carbocycles. The Balaban J connectivity index is 1.46. The lowest BCUT2D eigenvalue weighted by Gasteiger charge is -2.27. The highest BCUT2D eigenvalue weighted by atomic mass is 16.5. The number of benzene rings is 1. The molecule has 1 aromatic rings. The molecule has 1 aromatic carbocycles. The van der Waals surface area contributed by atoms with Crippen molar-refractivity contribution in [2.45, 2.75) is 45.2 Å². The first kappa shape index (κ1) is 19.9. The predicted molar refractivity (Wildman–Crippen MR) is 112 cm³/mol. The lowest BCUT2D eigenvalue weighted by Crippen LogP contribution is -2.38. The molecule has 0 aromatic heterocycles. The summed E-state index contributed by atoms with van der Waals surface area (Å²) >= 11 is 0. The van der Waals surface area contributed by atoms with Gasteiger partial charge in [-0.15, -0.1) is 0 Å². The van der Waals surface area contributed by atoms with Gasteiger partial charge in [-0.05, 0) is 43.2 Å². The summed E-state index contributed by atoms with van der Waals surface area (Å²) in [7, 11) is 1.84. The van der Waals surface area contributed by atoms with Gasteiger partial charge < -0.3 is 15.4 Å². The molecule has 1 aliphatic carbocycles. The van der Waals surface area contributed by atoms with Crippen molar-refractivity contribution in [3.05, 3.63) is 47.0 Å². The van der Waals surface area contributed by atoms with Gasteiger partial charge in [-0.25, -0.2) is 0 Å². The third kappa shape index (κ3) is 6.67. The van der Waals surface area contributed by atoms with E-state index in [9.17, 15) is 0 Å². The van der Waals surface area contributed by atoms with Crippen LogP contribution in [0.2, 0.25) is 0 Å². The molecular weight excluding hydrogens is 336 g/mol. The van der Waals surface area contributed by atoms with E-state index >= 15 is 0 Å². The summed E-state index contributed by atoms with van der Waals surface area (Å²) in [5.74, 6) is 0.882. The molecule has 1 fully saturated rings. The number of hydrogen-bond donors (Lipinski definition) is 2. The van der Waals surface area contributed by atoms with Crippen molar-refractivity contribution >= 4 is 5.96 Å². The molecule has 3 rings (SSSR count). The van der Waals surface area contributed by atoms with Crippen LogP contribution in [0.3, 0.4) is 0 Å². The summed E-state index contributed by atoms with van der Waals surface area (Å²) in [5.41, 5.74) is 4.32. The molecule has 148 valence electrons. The molecule has 2 aliphatic rings. The van der Waals surface area contributed by atoms with E-state index in [0.717, 1.165) is 58.3 Å². The summed E-state index contributed by atoms with van der Waals surface area (Å²) < 4.78 is 5.46. The molecule has 1 saturated heterocycles. The third-order valence-corrected chi connectivity index (χ3v) is 5.41. The number of aliphatic imine (C=N–C) groups is 1. The predicted octanol–water partition coefficient (Wildman–Crippen LogP) is 3.07. The van der Waals surface area contributed by atoms with Crippen LogP contribution in [-0.4, -0.2) is 50.8 Å². The lowest BCUT2D eigenvalue weighted by molar-refractivity contribution is 0.0341. The zero-order valence-corrected chi connectivity index (χ0v) is 16.7. The summed E-state index contributed by atoms with van der Waals surface area (Å²) in [4.78, 5) is 6.84. The van der Waals surface area contributed by atoms with Crippen LogP contribution in [0.25, 0.3) is 0 Å². The molecule has 0 unspecified atom stereocenters. The second-order valence-electron chi connectivity index (χ2n) is 7.37. The second kappa shape index (κ2) is 11.1. The van der Waals surface area contributed by atoms with E-state index in [1.165, 1.54) is 36.8 Å². The molecule has 0 radical (unpaired) electrons. The maximum Gasteiger partial charge on any atom is 0.191 e. The molecule has 5 nitrogen and oxygen atoms in total. The van der Waals surface area contributed by atoms with Crippen molar-refractivity contribution in [1.29, 1.82) is 0 Å². The van der Waals surface area contributed by atoms with E-state index in [-0.39, 0.29) is 0 Å². The minimum absolute atomic E-state index is 0.795. The zero-order chi connectivity index (χ0) is 18.7. The molecule has 5 heteroatoms. The molecule has 1 aliphatic heterocycles. The quantitative estimate of drug-likeness (QED) is 0.440. The van der Waals surface area contributed by atoms with Crippen molar-refractivity contribution in [3.63, 3.8) is 0 Å². The molecule has 0 amide bonds. The second-order valence-corrected chi connectivity index (χ2v) is 7.37. The van der Waals surface area contributed by atoms with Crippen molar-refractivity contribution in [3.8, 4) is 0 Å². The van der Waals surface area contributed by atoms with Crippen LogP contribution in [0.4, 0.5) is 0 Å². The van der Waals surface area contributed by atoms with Gasteiger partial charge in [0.15, 0.2) is 5.96 Å². The van der Waals surface area contributed by atoms with Gasteiger partial charge >= 0.3 is 0 Å². The van der Waals surface area contributed by atoms with E-state index in [4.69, 9.17) is 4.74 Å². The summed E-state index contributed by atoms with van der Waals surface area (Å²) in [6.45, 7) is 6.44. The minimum Gasteiger partial charge on any atom is -0.379 e. The largest absolute Gasteiger partial charge is 0.379 e. The molecule has 0 atom stereocenters. The number of ether oxygens (including phenoxy) is 1. The smallest absolute Gasteiger partial charge is 0.191 e. The monoisotopic (exact) mass is 370 g/mol. The molecule has 1 heterocycles. The van der Waals surface area contributed by atoms with Gasteiger partial charge in [0.2, 0.25) is 0 Å². The van der Waals surface area contributed by atoms with Gasteiger partial charge in [0.05, 0.1) is 13.2 Å². The van der Waals surface area contributed by atoms with E-state index in [1.807, 2.05) is 7.05 Å². The summed E-state index contributed by atoms with van der Waals surface area (Å²) in [6.07, 6.45) is 8.76. The highest BCUT2D eigenvalue weighted by molar-refractivity contribution is 5.79. The van der Waals surface area contributed by atoms with Crippen LogP contribution in [0.15, 0.2) is 40.9 Å². The lowest BCUT2D eigenvalue weighted by atomic mass is 9.97. The Hall–Kier alpha value is -1.85. The Morgan fingerprint density at radius 3 is 2.67 bits per heavy atom. The SMILES string of the molecule is CN=C(NCCC1=CCCCC1)NCc1ccccc1CN1CCOCC1. The van der Waals surface area contributed by atoms with Gasteiger partial charge in [0.1, 0.15) is 0 Å². The highest BCUT2D eigenvalue weighted by Gasteiger charge is 2.13. The third-order valence-electron chi connectivity index (χ3n) is 5.41. The number of nitrogens with zero attached hydrogens (tertiary/aromatic N) is 2. The molecule has 2 N–H and O–H groups in total. The van der Waals surface area contributed by atoms with Crippen molar-refractivity contribution in [1.82, 2.24) is 15.5 Å². The first-order chi connectivity index (χ1) is 13.3. The maximum atomic E-state index is 5.46. The Morgan fingerprint density at radius 1 is 1.11 bits per heavy atom. The molecule has 0 spiro atoms. The maximum absolute atomic E-state index is 5.46. The first-order valence-corrected chi connectivity index (χ1v) is 10.3. The average molecular weight is 371 g/mol. The van der Waals surface area contributed by atoms with E-state index < -0.39 is 0 Å². The van der Waals surface area contributed by atoms with Crippen molar-refractivity contribution < 1.29 is 4.74 Å². The van der Waals surface area contributed by atoms with Gasteiger partial charge in [-0.1, -0.05) is 35.9 Å². The van der Waals surface area contributed by atoms with Crippen molar-refractivity contribution in [2.75, 3.05) is 39.9 Å². The highest BCUT2D eigenvalue weighted by Crippen LogP contribution is 2.19. The number of hydrogen-bond acceptors (Lipinski definition) is 3. The Morgan fingerprint density at radius 2 is 1.93 bits per heavy atom. The Bertz CT molecular complexity index is 635. The van der Waals surface area contributed by atoms with Crippen LogP contribution in [0, 0.1) is 0 Å². The standard InChI is InChI=1S/C22H34N4O/c1-23-22(24-12-11-19-7-3-2-4-8-19)25-17-20-9-5-6-10-21(20)18-26-13-15-27-16-14-26/h5-7,9-10H,2-4,8,11-18H2,1H3,(H2,23,24,25). The number of rotatable bonds is 7. The first-order valence-electron chi connectivity index (χ1n) is 10.3. The zero-order valence-electron chi connectivity index (χ0n) is 16.7. The average Bonchev–Trinajstić information content (AvgIpc) is 2.73. The van der Waals surface area contributed by atoms with Gasteiger partial charge in [-0.3, -0.25) is 9.89 Å². The van der Waals surface area contributed by atoms with Crippen LogP contribution in [0.5, 0.6) is 0 Å².